The van der Waals surface area contributed by atoms with Crippen molar-refractivity contribution in [2.24, 2.45) is 15.4 Å². The molecule has 178 valence electrons. The van der Waals surface area contributed by atoms with E-state index < -0.39 is 15.0 Å². The lowest BCUT2D eigenvalue weighted by Crippen LogP contribution is -2.29. The van der Waals surface area contributed by atoms with Gasteiger partial charge in [0.05, 0.1) is 23.5 Å². The minimum atomic E-state index is -4.51. The molecule has 0 saturated carbocycles. The second kappa shape index (κ2) is 12.2. The minimum absolute atomic E-state index is 0.0694. The van der Waals surface area contributed by atoms with Gasteiger partial charge >= 0.3 is 5.82 Å². The zero-order chi connectivity index (χ0) is 25.1. The molecule has 0 amide bonds. The highest BCUT2D eigenvalue weighted by atomic mass is 32.2. The van der Waals surface area contributed by atoms with Crippen molar-refractivity contribution < 1.29 is 22.9 Å². The van der Waals surface area contributed by atoms with Crippen LogP contribution >= 0.6 is 0 Å². The number of oxime groups is 1. The predicted molar refractivity (Wildman–Crippen MR) is 132 cm³/mol. The molecule has 1 N–H and O–H groups in total. The van der Waals surface area contributed by atoms with Crippen molar-refractivity contribution in [1.29, 1.82) is 0 Å². The third-order valence-electron chi connectivity index (χ3n) is 4.66. The predicted octanol–water partition coefficient (Wildman–Crippen LogP) is 3.25. The maximum Gasteiger partial charge on any atom is 0.304 e. The van der Waals surface area contributed by atoms with Crippen LogP contribution in [-0.4, -0.2) is 41.5 Å². The molecule has 0 bridgehead atoms. The fraction of sp³-hybridized carbons (Fsp3) is 0.0400. The van der Waals surface area contributed by atoms with Gasteiger partial charge in [0.15, 0.2) is 12.4 Å². The van der Waals surface area contributed by atoms with Gasteiger partial charge in [-0.05, 0) is 17.2 Å². The molecule has 4 aromatic rings. The van der Waals surface area contributed by atoms with Crippen LogP contribution in [0.2, 0.25) is 0 Å². The monoisotopic (exact) mass is 489 g/mol. The van der Waals surface area contributed by atoms with E-state index in [1.54, 1.807) is 9.35 Å². The molecule has 9 nitrogen and oxygen atoms in total. The normalized spacial score (nSPS) is 11.7. The molecule has 0 fully saturated rings. The lowest BCUT2D eigenvalue weighted by Gasteiger charge is -2.08. The Labute approximate surface area is 203 Å². The quantitative estimate of drug-likeness (QED) is 0.147. The highest BCUT2D eigenvalue weighted by Gasteiger charge is 2.10. The van der Waals surface area contributed by atoms with Gasteiger partial charge in [-0.1, -0.05) is 94.2 Å². The molecule has 0 aliphatic carbocycles. The molecular formula is C25H23N5O4S. The topological polar surface area (TPSA) is 123 Å². The van der Waals surface area contributed by atoms with Gasteiger partial charge in [0.25, 0.3) is 0 Å². The van der Waals surface area contributed by atoms with Crippen molar-refractivity contribution >= 4 is 28.8 Å². The smallest absolute Gasteiger partial charge is 0.304 e. The van der Waals surface area contributed by atoms with Gasteiger partial charge in [-0.3, -0.25) is 0 Å². The van der Waals surface area contributed by atoms with Crippen LogP contribution in [0.4, 0.5) is 0 Å². The molecule has 0 atom stereocenters. The van der Waals surface area contributed by atoms with Crippen molar-refractivity contribution in [3.05, 3.63) is 120 Å². The van der Waals surface area contributed by atoms with Crippen molar-refractivity contribution in [3.63, 3.8) is 0 Å². The summed E-state index contributed by atoms with van der Waals surface area (Å²) in [5.41, 5.74) is 2.20. The number of nitrogens with zero attached hydrogens (tertiary/aromatic N) is 5. The summed E-state index contributed by atoms with van der Waals surface area (Å²) >= 11 is 0. The second-order valence-corrected chi connectivity index (χ2v) is 8.43. The molecule has 0 saturated heterocycles. The molecular weight excluding hydrogens is 466 g/mol. The van der Waals surface area contributed by atoms with Gasteiger partial charge in [-0.15, -0.1) is 9.35 Å². The van der Waals surface area contributed by atoms with E-state index in [0.717, 1.165) is 29.2 Å². The van der Waals surface area contributed by atoms with Gasteiger partial charge in [-0.25, -0.2) is 8.42 Å². The Kier molecular flexibility index (Phi) is 8.76. The first-order valence-corrected chi connectivity index (χ1v) is 11.8. The largest absolute Gasteiger partial charge is 0.744 e. The Morgan fingerprint density at radius 1 is 0.857 bits per heavy atom. The first-order valence-electron chi connectivity index (χ1n) is 10.4. The minimum Gasteiger partial charge on any atom is -0.744 e. The Balaban J connectivity index is 0.000000225. The third kappa shape index (κ3) is 7.56. The van der Waals surface area contributed by atoms with Crippen LogP contribution in [-0.2, 0) is 10.1 Å². The van der Waals surface area contributed by atoms with E-state index in [0.29, 0.717) is 0 Å². The van der Waals surface area contributed by atoms with E-state index >= 15 is 0 Å². The Morgan fingerprint density at radius 2 is 1.43 bits per heavy atom. The van der Waals surface area contributed by atoms with Crippen LogP contribution in [0.5, 0.6) is 0 Å². The van der Waals surface area contributed by atoms with Crippen LogP contribution in [0.1, 0.15) is 22.5 Å². The average molecular weight is 490 g/mol. The third-order valence-corrected chi connectivity index (χ3v) is 5.57. The van der Waals surface area contributed by atoms with Crippen LogP contribution in [0.15, 0.2) is 118 Å². The number of benzene rings is 3. The fourth-order valence-electron chi connectivity index (χ4n) is 2.90. The van der Waals surface area contributed by atoms with Crippen molar-refractivity contribution in [2.75, 3.05) is 0 Å². The molecule has 0 spiro atoms. The highest BCUT2D eigenvalue weighted by Crippen LogP contribution is 2.12. The van der Waals surface area contributed by atoms with Crippen molar-refractivity contribution in [2.45, 2.75) is 11.8 Å². The number of rotatable bonds is 6. The maximum atomic E-state index is 10.6. The lowest BCUT2D eigenvalue weighted by atomic mass is 10.2. The van der Waals surface area contributed by atoms with Gasteiger partial charge < -0.3 is 9.76 Å². The summed E-state index contributed by atoms with van der Waals surface area (Å²) in [6, 6.07) is 25.5. The number of imidazole rings is 1. The highest BCUT2D eigenvalue weighted by molar-refractivity contribution is 7.85. The van der Waals surface area contributed by atoms with Gasteiger partial charge in [0.1, 0.15) is 10.1 Å². The SMILES string of the molecule is Cc1n(N=Cc2ccccc2)cc[n+]1N=Cc1ccccc1.O=S(=O)([O-])c1ccccc1C=NO. The lowest BCUT2D eigenvalue weighted by molar-refractivity contribution is -0.684. The first kappa shape index (κ1) is 25.2. The maximum absolute atomic E-state index is 10.6. The van der Waals surface area contributed by atoms with Gasteiger partial charge in [0, 0.05) is 12.5 Å². The van der Waals surface area contributed by atoms with Crippen LogP contribution in [0, 0.1) is 6.92 Å². The summed E-state index contributed by atoms with van der Waals surface area (Å²) in [6.07, 6.45) is 8.33. The van der Waals surface area contributed by atoms with E-state index in [4.69, 9.17) is 5.21 Å². The van der Waals surface area contributed by atoms with Crippen LogP contribution < -0.4 is 4.68 Å². The molecule has 35 heavy (non-hydrogen) atoms. The van der Waals surface area contributed by atoms with E-state index in [1.165, 1.54) is 18.2 Å². The van der Waals surface area contributed by atoms with Gasteiger partial charge in [-0.2, -0.15) is 0 Å². The van der Waals surface area contributed by atoms with E-state index in [1.807, 2.05) is 92.4 Å². The number of aromatic nitrogens is 2. The Bertz CT molecular complexity index is 1360. The summed E-state index contributed by atoms with van der Waals surface area (Å²) in [5.74, 6) is 0.930. The standard InChI is InChI=1S/C18H17N4.C7H7NO4S/c1-16-21(19-14-17-8-4-2-5-9-17)12-13-22(16)20-15-18-10-6-3-7-11-18;9-8-5-6-3-1-2-4-7(6)13(10,11)12/h2-15H,1H3;1-5,9H,(H,10,11,12)/q+1;/p-1. The summed E-state index contributed by atoms with van der Waals surface area (Å²) in [7, 11) is -4.51. The molecule has 3 aromatic carbocycles. The number of hydrogen-bond donors (Lipinski definition) is 1. The zero-order valence-electron chi connectivity index (χ0n) is 18.8. The molecule has 0 aliphatic rings. The molecule has 0 aliphatic heterocycles. The molecule has 4 rings (SSSR count). The van der Waals surface area contributed by atoms with Crippen molar-refractivity contribution in [1.82, 2.24) is 4.68 Å². The Hall–Kier alpha value is -4.41. The fourth-order valence-corrected chi connectivity index (χ4v) is 3.56. The van der Waals surface area contributed by atoms with E-state index in [9.17, 15) is 13.0 Å². The summed E-state index contributed by atoms with van der Waals surface area (Å²) in [5, 5.41) is 19.7. The molecule has 0 radical (unpaired) electrons. The van der Waals surface area contributed by atoms with Crippen LogP contribution in [0.3, 0.4) is 0 Å². The zero-order valence-corrected chi connectivity index (χ0v) is 19.6. The molecule has 1 aromatic heterocycles. The van der Waals surface area contributed by atoms with Crippen molar-refractivity contribution in [3.8, 4) is 0 Å². The van der Waals surface area contributed by atoms with Gasteiger partial charge in [0.2, 0.25) is 0 Å². The summed E-state index contributed by atoms with van der Waals surface area (Å²) in [4.78, 5) is -0.396. The Morgan fingerprint density at radius 3 is 2.03 bits per heavy atom. The van der Waals surface area contributed by atoms with E-state index in [-0.39, 0.29) is 5.56 Å². The van der Waals surface area contributed by atoms with E-state index in [2.05, 4.69) is 15.4 Å². The average Bonchev–Trinajstić information content (AvgIpc) is 3.22. The summed E-state index contributed by atoms with van der Waals surface area (Å²) < 4.78 is 35.5. The first-order chi connectivity index (χ1) is 16.9. The second-order valence-electron chi connectivity index (χ2n) is 7.08. The number of hydrogen-bond acceptors (Lipinski definition) is 7. The molecule has 1 heterocycles. The summed E-state index contributed by atoms with van der Waals surface area (Å²) in [6.45, 7) is 1.98. The molecule has 10 heteroatoms. The van der Waals surface area contributed by atoms with Crippen LogP contribution in [0.25, 0.3) is 0 Å². The molecule has 0 unspecified atom stereocenters.